The Morgan fingerprint density at radius 2 is 1.90 bits per heavy atom. The van der Waals surface area contributed by atoms with Gasteiger partial charge in [0, 0.05) is 13.0 Å². The number of aliphatic carboxylic acids is 1. The number of methoxy groups -OCH3 is 2. The van der Waals surface area contributed by atoms with Crippen LogP contribution in [-0.2, 0) is 14.3 Å². The molecule has 20 heavy (non-hydrogen) atoms. The van der Waals surface area contributed by atoms with E-state index in [2.05, 4.69) is 0 Å². The maximum atomic E-state index is 10.7. The Labute approximate surface area is 119 Å². The van der Waals surface area contributed by atoms with Gasteiger partial charge in [0.1, 0.15) is 5.76 Å². The largest absolute Gasteiger partial charge is 0.500 e. The van der Waals surface area contributed by atoms with Crippen LogP contribution < -0.4 is 0 Å². The highest BCUT2D eigenvalue weighted by molar-refractivity contribution is 5.80. The number of carboxylic acid groups (broad SMARTS) is 1. The number of carboxylic acids is 1. The number of hydrogen-bond donors (Lipinski definition) is 1. The fourth-order valence-corrected chi connectivity index (χ4v) is 1.88. The van der Waals surface area contributed by atoms with Crippen LogP contribution in [0.15, 0.2) is 48.2 Å². The minimum atomic E-state index is -1.03. The lowest BCUT2D eigenvalue weighted by molar-refractivity contribution is -0.131. The average Bonchev–Trinajstić information content (AvgIpc) is 2.46. The van der Waals surface area contributed by atoms with E-state index in [9.17, 15) is 4.79 Å². The van der Waals surface area contributed by atoms with Crippen LogP contribution in [0.3, 0.4) is 0 Å². The van der Waals surface area contributed by atoms with Crippen molar-refractivity contribution in [3.63, 3.8) is 0 Å². The van der Waals surface area contributed by atoms with E-state index >= 15 is 0 Å². The number of hydrogen-bond acceptors (Lipinski definition) is 3. The smallest absolute Gasteiger partial charge is 0.331 e. The lowest BCUT2D eigenvalue weighted by Crippen LogP contribution is -2.21. The third-order valence-corrected chi connectivity index (χ3v) is 2.99. The molecule has 2 unspecified atom stereocenters. The first-order valence-electron chi connectivity index (χ1n) is 6.33. The van der Waals surface area contributed by atoms with E-state index in [1.54, 1.807) is 7.11 Å². The van der Waals surface area contributed by atoms with Crippen LogP contribution in [0.2, 0.25) is 0 Å². The van der Waals surface area contributed by atoms with Crippen LogP contribution in [0.1, 0.15) is 12.5 Å². The average molecular weight is 276 g/mol. The van der Waals surface area contributed by atoms with Gasteiger partial charge in [0.25, 0.3) is 0 Å². The molecular weight excluding hydrogens is 256 g/mol. The highest BCUT2D eigenvalue weighted by Gasteiger charge is 2.20. The summed E-state index contributed by atoms with van der Waals surface area (Å²) in [6.07, 6.45) is 4.64. The molecule has 0 bridgehead atoms. The number of carbonyl (C=O) groups is 1. The van der Waals surface area contributed by atoms with Gasteiger partial charge in [-0.05, 0) is 5.56 Å². The molecule has 0 aliphatic rings. The Balaban J connectivity index is 2.84. The predicted molar refractivity (Wildman–Crippen MR) is 78.2 cm³/mol. The SMILES string of the molecule is COC(=CC(=O)O)C(C)C(C=Cc1ccccc1)OC. The Hall–Kier alpha value is -2.07. The van der Waals surface area contributed by atoms with E-state index in [-0.39, 0.29) is 12.0 Å². The molecule has 0 saturated heterocycles. The minimum absolute atomic E-state index is 0.193. The Morgan fingerprint density at radius 3 is 2.40 bits per heavy atom. The molecule has 108 valence electrons. The molecule has 4 nitrogen and oxygen atoms in total. The molecule has 2 atom stereocenters. The molecule has 0 fully saturated rings. The zero-order valence-corrected chi connectivity index (χ0v) is 11.9. The second-order valence-electron chi connectivity index (χ2n) is 4.35. The number of benzene rings is 1. The van der Waals surface area contributed by atoms with Gasteiger partial charge in [0.2, 0.25) is 0 Å². The summed E-state index contributed by atoms with van der Waals surface area (Å²) < 4.78 is 10.5. The van der Waals surface area contributed by atoms with Crippen molar-refractivity contribution in [2.24, 2.45) is 5.92 Å². The van der Waals surface area contributed by atoms with Crippen molar-refractivity contribution >= 4 is 12.0 Å². The first-order valence-corrected chi connectivity index (χ1v) is 6.33. The first-order chi connectivity index (χ1) is 9.58. The number of ether oxygens (including phenoxy) is 2. The van der Waals surface area contributed by atoms with E-state index in [0.717, 1.165) is 11.6 Å². The lowest BCUT2D eigenvalue weighted by atomic mass is 10.0. The van der Waals surface area contributed by atoms with Crippen molar-refractivity contribution < 1.29 is 19.4 Å². The summed E-state index contributed by atoms with van der Waals surface area (Å²) >= 11 is 0. The molecule has 0 spiro atoms. The molecule has 0 heterocycles. The summed E-state index contributed by atoms with van der Waals surface area (Å²) in [5, 5.41) is 8.81. The second kappa shape index (κ2) is 8.17. The third-order valence-electron chi connectivity index (χ3n) is 2.99. The fourth-order valence-electron chi connectivity index (χ4n) is 1.88. The van der Waals surface area contributed by atoms with Crippen LogP contribution in [0, 0.1) is 5.92 Å². The van der Waals surface area contributed by atoms with E-state index in [0.29, 0.717) is 5.76 Å². The Bertz CT molecular complexity index is 477. The molecule has 0 saturated carbocycles. The Kier molecular flexibility index (Phi) is 6.53. The summed E-state index contributed by atoms with van der Waals surface area (Å²) in [4.78, 5) is 10.7. The topological polar surface area (TPSA) is 55.8 Å². The predicted octanol–water partition coefficient (Wildman–Crippen LogP) is 2.97. The fraction of sp³-hybridized carbons (Fsp3) is 0.312. The highest BCUT2D eigenvalue weighted by atomic mass is 16.5. The first kappa shape index (κ1) is 16.0. The molecule has 1 N–H and O–H groups in total. The minimum Gasteiger partial charge on any atom is -0.500 e. The third kappa shape index (κ3) is 4.90. The van der Waals surface area contributed by atoms with E-state index in [1.807, 2.05) is 49.4 Å². The van der Waals surface area contributed by atoms with Gasteiger partial charge in [0.05, 0.1) is 19.3 Å². The maximum Gasteiger partial charge on any atom is 0.331 e. The van der Waals surface area contributed by atoms with E-state index in [4.69, 9.17) is 14.6 Å². The zero-order valence-electron chi connectivity index (χ0n) is 11.9. The zero-order chi connectivity index (χ0) is 15.0. The van der Waals surface area contributed by atoms with Crippen LogP contribution in [0.25, 0.3) is 6.08 Å². The highest BCUT2D eigenvalue weighted by Crippen LogP contribution is 2.20. The van der Waals surface area contributed by atoms with Crippen LogP contribution in [-0.4, -0.2) is 31.4 Å². The van der Waals surface area contributed by atoms with Gasteiger partial charge < -0.3 is 14.6 Å². The van der Waals surface area contributed by atoms with Crippen LogP contribution >= 0.6 is 0 Å². The standard InChI is InChI=1S/C16H20O4/c1-12(15(20-3)11-16(17)18)14(19-2)10-9-13-7-5-4-6-8-13/h4-12,14H,1-3H3,(H,17,18). The number of rotatable bonds is 7. The summed E-state index contributed by atoms with van der Waals surface area (Å²) in [6, 6.07) is 9.83. The Morgan fingerprint density at radius 1 is 1.25 bits per heavy atom. The summed E-state index contributed by atoms with van der Waals surface area (Å²) in [5.41, 5.74) is 1.06. The van der Waals surface area contributed by atoms with Gasteiger partial charge >= 0.3 is 5.97 Å². The summed E-state index contributed by atoms with van der Waals surface area (Å²) in [7, 11) is 3.05. The molecule has 0 aliphatic carbocycles. The summed E-state index contributed by atoms with van der Waals surface area (Å²) in [6.45, 7) is 1.86. The molecular formula is C16H20O4. The monoisotopic (exact) mass is 276 g/mol. The molecule has 1 aromatic carbocycles. The van der Waals surface area contributed by atoms with Gasteiger partial charge in [-0.25, -0.2) is 4.79 Å². The molecule has 4 heteroatoms. The maximum absolute atomic E-state index is 10.7. The second-order valence-corrected chi connectivity index (χ2v) is 4.35. The van der Waals surface area contributed by atoms with Gasteiger partial charge in [-0.1, -0.05) is 49.4 Å². The van der Waals surface area contributed by atoms with Gasteiger partial charge in [-0.15, -0.1) is 0 Å². The van der Waals surface area contributed by atoms with Crippen molar-refractivity contribution in [1.82, 2.24) is 0 Å². The quantitative estimate of drug-likeness (QED) is 0.614. The molecule has 1 aromatic rings. The normalized spacial score (nSPS) is 15.1. The van der Waals surface area contributed by atoms with Crippen LogP contribution in [0.4, 0.5) is 0 Å². The van der Waals surface area contributed by atoms with Crippen molar-refractivity contribution in [2.75, 3.05) is 14.2 Å². The molecule has 0 radical (unpaired) electrons. The molecule has 0 aromatic heterocycles. The van der Waals surface area contributed by atoms with Crippen molar-refractivity contribution in [2.45, 2.75) is 13.0 Å². The summed E-state index contributed by atoms with van der Waals surface area (Å²) in [5.74, 6) is -0.848. The van der Waals surface area contributed by atoms with Gasteiger partial charge in [-0.3, -0.25) is 0 Å². The van der Waals surface area contributed by atoms with Gasteiger partial charge in [-0.2, -0.15) is 0 Å². The van der Waals surface area contributed by atoms with E-state index in [1.165, 1.54) is 7.11 Å². The van der Waals surface area contributed by atoms with Crippen molar-refractivity contribution in [3.8, 4) is 0 Å². The van der Waals surface area contributed by atoms with Crippen molar-refractivity contribution in [3.05, 3.63) is 53.8 Å². The van der Waals surface area contributed by atoms with Gasteiger partial charge in [0.15, 0.2) is 0 Å². The molecule has 0 aliphatic heterocycles. The molecule has 1 rings (SSSR count). The van der Waals surface area contributed by atoms with E-state index < -0.39 is 5.97 Å². The van der Waals surface area contributed by atoms with Crippen molar-refractivity contribution in [1.29, 1.82) is 0 Å². The lowest BCUT2D eigenvalue weighted by Gasteiger charge is -2.21. The molecule has 0 amide bonds. The van der Waals surface area contributed by atoms with Crippen LogP contribution in [0.5, 0.6) is 0 Å².